The lowest BCUT2D eigenvalue weighted by atomic mass is 10.7. The first kappa shape index (κ1) is 11.2. The van der Waals surface area contributed by atoms with Crippen molar-refractivity contribution in [2.45, 2.75) is 12.4 Å². The second kappa shape index (κ2) is 4.54. The molecule has 0 aliphatic rings. The van der Waals surface area contributed by atoms with E-state index in [0.717, 1.165) is 0 Å². The average Bonchev–Trinajstić information content (AvgIpc) is 2.44. The molecule has 8 heteroatoms. The number of alkyl halides is 3. The highest BCUT2D eigenvalue weighted by molar-refractivity contribution is 8.00. The monoisotopic (exact) mass is 227 g/mol. The van der Waals surface area contributed by atoms with Gasteiger partial charge in [-0.05, 0) is 18.7 Å². The summed E-state index contributed by atoms with van der Waals surface area (Å²) in [4.78, 5) is 3.77. The number of rotatable bonds is 4. The summed E-state index contributed by atoms with van der Waals surface area (Å²) < 4.78 is 39.6. The summed E-state index contributed by atoms with van der Waals surface area (Å²) >= 11 is -0.0927. The van der Waals surface area contributed by atoms with Crippen LogP contribution in [0.4, 0.5) is 19.2 Å². The minimum absolute atomic E-state index is 0.0923. The van der Waals surface area contributed by atoms with Crippen LogP contribution < -0.4 is 5.32 Å². The molecule has 0 unspecified atom stereocenters. The number of aryl methyl sites for hydroxylation is 1. The van der Waals surface area contributed by atoms with E-state index in [1.807, 2.05) is 0 Å². The largest absolute Gasteiger partial charge is 0.441 e. The van der Waals surface area contributed by atoms with Crippen LogP contribution in [0.1, 0.15) is 5.82 Å². The molecule has 1 N–H and O–H groups in total. The van der Waals surface area contributed by atoms with Crippen LogP contribution in [0.3, 0.4) is 0 Å². The van der Waals surface area contributed by atoms with E-state index in [4.69, 9.17) is 0 Å². The van der Waals surface area contributed by atoms with Gasteiger partial charge >= 0.3 is 11.5 Å². The Morgan fingerprint density at radius 2 is 2.21 bits per heavy atom. The molecule has 0 atom stereocenters. The summed E-state index contributed by atoms with van der Waals surface area (Å²) in [5, 5.41) is 6.04. The molecule has 80 valence electrons. The standard InChI is InChI=1S/C6H8F3N3OS/c1-4-11-5(13-12-4)10-2-3-14-6(7,8)9/h2-3H2,1H3,(H,10,11,12). The summed E-state index contributed by atoms with van der Waals surface area (Å²) in [6.45, 7) is 1.75. The van der Waals surface area contributed by atoms with Crippen molar-refractivity contribution in [3.63, 3.8) is 0 Å². The second-order valence-electron chi connectivity index (χ2n) is 2.37. The van der Waals surface area contributed by atoms with E-state index in [1.165, 1.54) is 0 Å². The van der Waals surface area contributed by atoms with Crippen molar-refractivity contribution in [1.82, 2.24) is 10.1 Å². The van der Waals surface area contributed by atoms with Gasteiger partial charge in [0.15, 0.2) is 5.82 Å². The van der Waals surface area contributed by atoms with Crippen molar-refractivity contribution in [2.24, 2.45) is 0 Å². The molecule has 0 amide bonds. The van der Waals surface area contributed by atoms with Gasteiger partial charge in [0, 0.05) is 12.3 Å². The lowest BCUT2D eigenvalue weighted by Gasteiger charge is -2.04. The number of halogens is 3. The first-order valence-electron chi connectivity index (χ1n) is 3.72. The number of aromatic nitrogens is 2. The van der Waals surface area contributed by atoms with Gasteiger partial charge in [-0.1, -0.05) is 5.16 Å². The van der Waals surface area contributed by atoms with Crippen molar-refractivity contribution in [2.75, 3.05) is 17.6 Å². The third-order valence-corrected chi connectivity index (χ3v) is 1.91. The number of nitrogens with one attached hydrogen (secondary N) is 1. The Hall–Kier alpha value is -0.920. The number of hydrogen-bond donors (Lipinski definition) is 1. The van der Waals surface area contributed by atoms with Crippen LogP contribution in [-0.2, 0) is 0 Å². The highest BCUT2D eigenvalue weighted by Crippen LogP contribution is 2.29. The molecule has 0 bridgehead atoms. The molecule has 0 fully saturated rings. The Labute approximate surface area is 82.2 Å². The molecule has 0 spiro atoms. The predicted octanol–water partition coefficient (Wildman–Crippen LogP) is 2.04. The fraction of sp³-hybridized carbons (Fsp3) is 0.667. The van der Waals surface area contributed by atoms with E-state index in [-0.39, 0.29) is 30.1 Å². The highest BCUT2D eigenvalue weighted by atomic mass is 32.2. The van der Waals surface area contributed by atoms with E-state index in [2.05, 4.69) is 20.0 Å². The van der Waals surface area contributed by atoms with E-state index in [0.29, 0.717) is 5.82 Å². The van der Waals surface area contributed by atoms with E-state index >= 15 is 0 Å². The van der Waals surface area contributed by atoms with E-state index in [1.54, 1.807) is 6.92 Å². The highest BCUT2D eigenvalue weighted by Gasteiger charge is 2.27. The van der Waals surface area contributed by atoms with Crippen LogP contribution >= 0.6 is 11.8 Å². The molecular formula is C6H8F3N3OS. The molecule has 14 heavy (non-hydrogen) atoms. The number of thioether (sulfide) groups is 1. The summed E-state index contributed by atoms with van der Waals surface area (Å²) in [6, 6.07) is 0.144. The molecule has 0 aromatic carbocycles. The summed E-state index contributed by atoms with van der Waals surface area (Å²) in [5.41, 5.74) is -4.19. The van der Waals surface area contributed by atoms with Crippen LogP contribution in [0.5, 0.6) is 0 Å². The molecule has 1 heterocycles. The Balaban J connectivity index is 2.16. The van der Waals surface area contributed by atoms with Crippen LogP contribution in [0.2, 0.25) is 0 Å². The summed E-state index contributed by atoms with van der Waals surface area (Å²) in [6.07, 6.45) is 0. The zero-order valence-electron chi connectivity index (χ0n) is 7.26. The van der Waals surface area contributed by atoms with Crippen LogP contribution in [0.15, 0.2) is 4.52 Å². The molecule has 0 aliphatic heterocycles. The zero-order valence-corrected chi connectivity index (χ0v) is 8.08. The molecule has 1 aromatic rings. The molecule has 0 aliphatic carbocycles. The molecule has 1 rings (SSSR count). The normalized spacial score (nSPS) is 11.7. The van der Waals surface area contributed by atoms with Gasteiger partial charge in [-0.25, -0.2) is 0 Å². The molecule has 0 radical (unpaired) electrons. The quantitative estimate of drug-likeness (QED) is 0.798. The minimum atomic E-state index is -4.19. The average molecular weight is 227 g/mol. The van der Waals surface area contributed by atoms with Gasteiger partial charge in [-0.3, -0.25) is 0 Å². The Morgan fingerprint density at radius 3 is 2.71 bits per heavy atom. The molecule has 0 saturated heterocycles. The van der Waals surface area contributed by atoms with Crippen LogP contribution in [0.25, 0.3) is 0 Å². The lowest BCUT2D eigenvalue weighted by Crippen LogP contribution is -2.09. The lowest BCUT2D eigenvalue weighted by molar-refractivity contribution is -0.0327. The molecule has 1 aromatic heterocycles. The Bertz CT molecular complexity index is 288. The maximum absolute atomic E-state index is 11.7. The number of hydrogen-bond acceptors (Lipinski definition) is 5. The maximum atomic E-state index is 11.7. The van der Waals surface area contributed by atoms with Crippen LogP contribution in [-0.4, -0.2) is 27.9 Å². The SMILES string of the molecule is Cc1noc(NCCSC(F)(F)F)n1. The van der Waals surface area contributed by atoms with Gasteiger partial charge in [0.25, 0.3) is 0 Å². The van der Waals surface area contributed by atoms with E-state index < -0.39 is 5.51 Å². The van der Waals surface area contributed by atoms with Gasteiger partial charge in [0.2, 0.25) is 0 Å². The zero-order chi connectivity index (χ0) is 10.6. The van der Waals surface area contributed by atoms with Gasteiger partial charge in [0.05, 0.1) is 0 Å². The number of anilines is 1. The second-order valence-corrected chi connectivity index (χ2v) is 3.53. The van der Waals surface area contributed by atoms with Crippen molar-refractivity contribution >= 4 is 17.8 Å². The van der Waals surface area contributed by atoms with Crippen molar-refractivity contribution in [1.29, 1.82) is 0 Å². The fourth-order valence-electron chi connectivity index (χ4n) is 0.694. The van der Waals surface area contributed by atoms with Crippen LogP contribution in [0, 0.1) is 6.92 Å². The first-order valence-corrected chi connectivity index (χ1v) is 4.71. The summed E-state index contributed by atoms with van der Waals surface area (Å²) in [5.74, 6) is 0.348. The maximum Gasteiger partial charge on any atom is 0.441 e. The van der Waals surface area contributed by atoms with Gasteiger partial charge < -0.3 is 9.84 Å². The molecule has 4 nitrogen and oxygen atoms in total. The topological polar surface area (TPSA) is 51.0 Å². The minimum Gasteiger partial charge on any atom is -0.337 e. The Kier molecular flexibility index (Phi) is 3.62. The van der Waals surface area contributed by atoms with Gasteiger partial charge in [0.1, 0.15) is 0 Å². The molecular weight excluding hydrogens is 219 g/mol. The van der Waals surface area contributed by atoms with Crippen molar-refractivity contribution in [3.05, 3.63) is 5.82 Å². The third kappa shape index (κ3) is 4.35. The Morgan fingerprint density at radius 1 is 1.50 bits per heavy atom. The summed E-state index contributed by atoms with van der Waals surface area (Å²) in [7, 11) is 0. The fourth-order valence-corrected chi connectivity index (χ4v) is 1.13. The van der Waals surface area contributed by atoms with Crippen molar-refractivity contribution in [3.8, 4) is 0 Å². The van der Waals surface area contributed by atoms with Gasteiger partial charge in [-0.15, -0.1) is 0 Å². The van der Waals surface area contributed by atoms with E-state index in [9.17, 15) is 13.2 Å². The van der Waals surface area contributed by atoms with Crippen molar-refractivity contribution < 1.29 is 17.7 Å². The first-order chi connectivity index (χ1) is 6.47. The van der Waals surface area contributed by atoms with Gasteiger partial charge in [-0.2, -0.15) is 18.2 Å². The predicted molar refractivity (Wildman–Crippen MR) is 46.0 cm³/mol. The molecule has 0 saturated carbocycles. The smallest absolute Gasteiger partial charge is 0.337 e. The third-order valence-electron chi connectivity index (χ3n) is 1.17. The number of nitrogens with zero attached hydrogens (tertiary/aromatic N) is 2.